The van der Waals surface area contributed by atoms with Crippen LogP contribution < -0.4 is 10.6 Å². The molecule has 2 aliphatic rings. The molecule has 0 bridgehead atoms. The molecule has 1 fully saturated rings. The lowest BCUT2D eigenvalue weighted by atomic mass is 10.1. The van der Waals surface area contributed by atoms with E-state index in [1.165, 1.54) is 11.3 Å². The van der Waals surface area contributed by atoms with Crippen LogP contribution in [0, 0.1) is 0 Å². The Labute approximate surface area is 131 Å². The van der Waals surface area contributed by atoms with E-state index in [2.05, 4.69) is 46.0 Å². The summed E-state index contributed by atoms with van der Waals surface area (Å²) < 4.78 is 0. The topological polar surface area (TPSA) is 44.9 Å². The van der Waals surface area contributed by atoms with Crippen molar-refractivity contribution in [3.63, 3.8) is 0 Å². The van der Waals surface area contributed by atoms with E-state index in [4.69, 9.17) is 5.73 Å². The minimum absolute atomic E-state index is 0.560. The molecule has 0 aromatic heterocycles. The van der Waals surface area contributed by atoms with Crippen LogP contribution in [0.1, 0.15) is 12.5 Å². The van der Waals surface area contributed by atoms with Gasteiger partial charge in [-0.15, -0.1) is 0 Å². The van der Waals surface area contributed by atoms with Crippen LogP contribution in [-0.2, 0) is 6.42 Å². The van der Waals surface area contributed by atoms with Crippen molar-refractivity contribution in [3.05, 3.63) is 29.8 Å². The van der Waals surface area contributed by atoms with Crippen LogP contribution in [0.25, 0.3) is 0 Å². The van der Waals surface area contributed by atoms with Crippen molar-refractivity contribution in [2.24, 2.45) is 10.7 Å². The monoisotopic (exact) mass is 304 g/mol. The first-order valence-electron chi connectivity index (χ1n) is 7.73. The number of hydrogen-bond acceptors (Lipinski definition) is 3. The second-order valence-corrected chi connectivity index (χ2v) is 6.94. The Morgan fingerprint density at radius 1 is 1.33 bits per heavy atom. The normalized spacial score (nSPS) is 22.5. The van der Waals surface area contributed by atoms with E-state index >= 15 is 0 Å². The van der Waals surface area contributed by atoms with Crippen LogP contribution in [0.3, 0.4) is 0 Å². The summed E-state index contributed by atoms with van der Waals surface area (Å²) in [7, 11) is 0. The van der Waals surface area contributed by atoms with Gasteiger partial charge >= 0.3 is 0 Å². The molecule has 0 spiro atoms. The largest absolute Gasteiger partial charge is 0.370 e. The molecule has 0 amide bonds. The molecule has 2 heterocycles. The summed E-state index contributed by atoms with van der Waals surface area (Å²) in [6.45, 7) is 6.07. The summed E-state index contributed by atoms with van der Waals surface area (Å²) in [5.74, 6) is 3.04. The minimum Gasteiger partial charge on any atom is -0.370 e. The number of anilines is 1. The molecule has 2 aliphatic heterocycles. The van der Waals surface area contributed by atoms with E-state index in [0.717, 1.165) is 50.1 Å². The van der Waals surface area contributed by atoms with Crippen molar-refractivity contribution in [1.82, 2.24) is 4.90 Å². The van der Waals surface area contributed by atoms with E-state index in [0.29, 0.717) is 6.04 Å². The highest BCUT2D eigenvalue weighted by molar-refractivity contribution is 7.99. The van der Waals surface area contributed by atoms with Crippen molar-refractivity contribution >= 4 is 23.4 Å². The summed E-state index contributed by atoms with van der Waals surface area (Å²) in [6.07, 6.45) is 1.14. The fourth-order valence-electron chi connectivity index (χ4n) is 3.14. The molecule has 0 saturated carbocycles. The Hall–Kier alpha value is -1.36. The Morgan fingerprint density at radius 2 is 2.10 bits per heavy atom. The summed E-state index contributed by atoms with van der Waals surface area (Å²) in [6, 6.07) is 9.25. The highest BCUT2D eigenvalue weighted by Gasteiger charge is 2.24. The quantitative estimate of drug-likeness (QED) is 0.683. The third kappa shape index (κ3) is 3.28. The maximum absolute atomic E-state index is 6.11. The molecule has 114 valence electrons. The van der Waals surface area contributed by atoms with Gasteiger partial charge in [0, 0.05) is 42.9 Å². The highest BCUT2D eigenvalue weighted by atomic mass is 32.2. The van der Waals surface area contributed by atoms with Crippen molar-refractivity contribution in [3.8, 4) is 0 Å². The van der Waals surface area contributed by atoms with Gasteiger partial charge in [0.25, 0.3) is 0 Å². The molecule has 2 N–H and O–H groups in total. The first-order chi connectivity index (χ1) is 10.3. The van der Waals surface area contributed by atoms with Crippen LogP contribution >= 0.6 is 11.8 Å². The van der Waals surface area contributed by atoms with Gasteiger partial charge in [0.1, 0.15) is 0 Å². The number of hydrogen-bond donors (Lipinski definition) is 1. The van der Waals surface area contributed by atoms with Gasteiger partial charge < -0.3 is 15.5 Å². The van der Waals surface area contributed by atoms with Crippen molar-refractivity contribution < 1.29 is 0 Å². The molecular formula is C16H24N4S. The zero-order chi connectivity index (χ0) is 14.7. The molecule has 1 aromatic carbocycles. The number of aliphatic imine (C=N–C) groups is 1. The Balaban J connectivity index is 1.57. The van der Waals surface area contributed by atoms with Gasteiger partial charge in [-0.1, -0.05) is 18.2 Å². The first-order valence-corrected chi connectivity index (χ1v) is 8.88. The zero-order valence-corrected chi connectivity index (χ0v) is 13.5. The van der Waals surface area contributed by atoms with Gasteiger partial charge in [-0.25, -0.2) is 0 Å². The smallest absolute Gasteiger partial charge is 0.191 e. The predicted octanol–water partition coefficient (Wildman–Crippen LogP) is 1.80. The molecule has 4 nitrogen and oxygen atoms in total. The van der Waals surface area contributed by atoms with Gasteiger partial charge in [0.05, 0.1) is 6.54 Å². The number of benzene rings is 1. The molecule has 0 aliphatic carbocycles. The van der Waals surface area contributed by atoms with Crippen LogP contribution in [0.15, 0.2) is 29.3 Å². The van der Waals surface area contributed by atoms with E-state index < -0.39 is 0 Å². The third-order valence-corrected chi connectivity index (χ3v) is 5.24. The van der Waals surface area contributed by atoms with Gasteiger partial charge in [-0.2, -0.15) is 11.8 Å². The fourth-order valence-corrected chi connectivity index (χ4v) is 4.04. The summed E-state index contributed by atoms with van der Waals surface area (Å²) in [4.78, 5) is 9.25. The average Bonchev–Trinajstić information content (AvgIpc) is 2.84. The number of guanidine groups is 1. The van der Waals surface area contributed by atoms with E-state index in [9.17, 15) is 0 Å². The summed E-state index contributed by atoms with van der Waals surface area (Å²) in [5, 5.41) is 0. The van der Waals surface area contributed by atoms with Gasteiger partial charge in [0.2, 0.25) is 0 Å². The summed E-state index contributed by atoms with van der Waals surface area (Å²) >= 11 is 1.99. The van der Waals surface area contributed by atoms with Crippen molar-refractivity contribution in [2.75, 3.05) is 42.6 Å². The molecular weight excluding hydrogens is 280 g/mol. The molecule has 1 unspecified atom stereocenters. The molecule has 1 aromatic rings. The lowest BCUT2D eigenvalue weighted by Gasteiger charge is -2.28. The van der Waals surface area contributed by atoms with E-state index in [-0.39, 0.29) is 0 Å². The van der Waals surface area contributed by atoms with Crippen LogP contribution in [0.2, 0.25) is 0 Å². The standard InChI is InChI=1S/C16H24N4S/c1-13-12-14-4-2-3-5-15(14)20(13)7-6-18-16(17)19-8-10-21-11-9-19/h2-5,13H,6-12H2,1H3,(H2,17,18). The maximum atomic E-state index is 6.11. The fraction of sp³-hybridized carbons (Fsp3) is 0.562. The Kier molecular flexibility index (Phi) is 4.58. The third-order valence-electron chi connectivity index (χ3n) is 4.30. The second kappa shape index (κ2) is 6.60. The Bertz CT molecular complexity index is 511. The van der Waals surface area contributed by atoms with E-state index in [1.54, 1.807) is 0 Å². The number of fused-ring (bicyclic) bond motifs is 1. The minimum atomic E-state index is 0.560. The average molecular weight is 304 g/mol. The zero-order valence-electron chi connectivity index (χ0n) is 12.7. The molecule has 3 rings (SSSR count). The molecule has 0 radical (unpaired) electrons. The number of nitrogens with two attached hydrogens (primary N) is 1. The SMILES string of the molecule is CC1Cc2ccccc2N1CCN=C(N)N1CCSCC1. The maximum Gasteiger partial charge on any atom is 0.191 e. The van der Waals surface area contributed by atoms with Crippen LogP contribution in [0.5, 0.6) is 0 Å². The number of para-hydroxylation sites is 1. The lowest BCUT2D eigenvalue weighted by molar-refractivity contribution is 0.455. The van der Waals surface area contributed by atoms with Crippen LogP contribution in [0.4, 0.5) is 5.69 Å². The van der Waals surface area contributed by atoms with Crippen molar-refractivity contribution in [1.29, 1.82) is 0 Å². The molecule has 1 atom stereocenters. The Morgan fingerprint density at radius 3 is 2.90 bits per heavy atom. The van der Waals surface area contributed by atoms with Gasteiger partial charge in [-0.05, 0) is 25.0 Å². The number of nitrogens with zero attached hydrogens (tertiary/aromatic N) is 3. The van der Waals surface area contributed by atoms with Gasteiger partial charge in [0.15, 0.2) is 5.96 Å². The molecule has 5 heteroatoms. The van der Waals surface area contributed by atoms with Crippen LogP contribution in [-0.4, -0.2) is 54.6 Å². The summed E-state index contributed by atoms with van der Waals surface area (Å²) in [5.41, 5.74) is 8.93. The van der Waals surface area contributed by atoms with Crippen molar-refractivity contribution in [2.45, 2.75) is 19.4 Å². The lowest BCUT2D eigenvalue weighted by Crippen LogP contribution is -2.43. The van der Waals surface area contributed by atoms with E-state index in [1.807, 2.05) is 11.8 Å². The first kappa shape index (κ1) is 14.6. The number of rotatable bonds is 3. The second-order valence-electron chi connectivity index (χ2n) is 5.71. The van der Waals surface area contributed by atoms with Gasteiger partial charge in [-0.3, -0.25) is 4.99 Å². The molecule has 1 saturated heterocycles. The highest BCUT2D eigenvalue weighted by Crippen LogP contribution is 2.31. The molecule has 21 heavy (non-hydrogen) atoms. The number of thioether (sulfide) groups is 1. The predicted molar refractivity (Wildman–Crippen MR) is 92.3 cm³/mol.